The van der Waals surface area contributed by atoms with E-state index in [1.54, 1.807) is 0 Å². The minimum Gasteiger partial charge on any atom is -0.513 e. The van der Waals surface area contributed by atoms with E-state index < -0.39 is 10.6 Å². The van der Waals surface area contributed by atoms with Crippen molar-refractivity contribution in [2.75, 3.05) is 14.2 Å². The van der Waals surface area contributed by atoms with Crippen LogP contribution in [0.3, 0.4) is 0 Å². The highest BCUT2D eigenvalue weighted by Gasteiger charge is 2.25. The largest absolute Gasteiger partial charge is 0.513 e. The fraction of sp³-hybridized carbons (Fsp3) is 0.333. The van der Waals surface area contributed by atoms with E-state index in [1.165, 1.54) is 21.1 Å². The lowest BCUT2D eigenvalue weighted by Crippen LogP contribution is -2.04. The van der Waals surface area contributed by atoms with E-state index >= 15 is 0 Å². The van der Waals surface area contributed by atoms with Crippen LogP contribution in [0.4, 0.5) is 5.69 Å². The lowest BCUT2D eigenvalue weighted by atomic mass is 10.3. The fourth-order valence-corrected chi connectivity index (χ4v) is 1.13. The lowest BCUT2D eigenvalue weighted by molar-refractivity contribution is -0.386. The minimum absolute atomic E-state index is 0.0834. The van der Waals surface area contributed by atoms with E-state index in [4.69, 9.17) is 14.6 Å². The number of ether oxygens (including phenoxy) is 2. The van der Waals surface area contributed by atoms with Crippen LogP contribution < -0.4 is 9.47 Å². The first-order valence-corrected chi connectivity index (χ1v) is 4.51. The molecule has 0 aliphatic carbocycles. The van der Waals surface area contributed by atoms with Crippen LogP contribution in [0.5, 0.6) is 11.9 Å². The van der Waals surface area contributed by atoms with E-state index in [0.29, 0.717) is 0 Å². The number of aliphatic hydroxyl groups excluding tert-OH is 1. The van der Waals surface area contributed by atoms with Gasteiger partial charge in [-0.15, -0.1) is 0 Å². The molecule has 0 amide bonds. The zero-order valence-corrected chi connectivity index (χ0v) is 9.50. The van der Waals surface area contributed by atoms with Crippen LogP contribution in [-0.4, -0.2) is 34.2 Å². The second kappa shape index (κ2) is 5.10. The molecule has 1 aromatic heterocycles. The molecule has 0 fully saturated rings. The molecule has 92 valence electrons. The molecule has 8 heteroatoms. The van der Waals surface area contributed by atoms with Gasteiger partial charge in [0.25, 0.3) is 0 Å². The smallest absolute Gasteiger partial charge is 0.356 e. The Morgan fingerprint density at radius 3 is 2.47 bits per heavy atom. The van der Waals surface area contributed by atoms with E-state index in [0.717, 1.165) is 6.08 Å². The van der Waals surface area contributed by atoms with E-state index in [2.05, 4.69) is 9.97 Å². The molecule has 0 radical (unpaired) electrons. The van der Waals surface area contributed by atoms with Crippen LogP contribution in [0.25, 0.3) is 6.08 Å². The van der Waals surface area contributed by atoms with Crippen LogP contribution in [0, 0.1) is 10.1 Å². The van der Waals surface area contributed by atoms with Crippen LogP contribution in [-0.2, 0) is 0 Å². The third-order valence-electron chi connectivity index (χ3n) is 1.76. The molecule has 1 heterocycles. The van der Waals surface area contributed by atoms with Gasteiger partial charge in [-0.3, -0.25) is 10.1 Å². The van der Waals surface area contributed by atoms with Crippen molar-refractivity contribution in [3.63, 3.8) is 0 Å². The summed E-state index contributed by atoms with van der Waals surface area (Å²) in [6, 6.07) is -0.0834. The van der Waals surface area contributed by atoms with Gasteiger partial charge in [0.2, 0.25) is 0 Å². The Bertz CT molecular complexity index is 468. The van der Waals surface area contributed by atoms with Crippen molar-refractivity contribution in [3.05, 3.63) is 21.6 Å². The van der Waals surface area contributed by atoms with Crippen LogP contribution in [0.15, 0.2) is 5.76 Å². The molecule has 0 spiro atoms. The molecule has 0 aromatic carbocycles. The van der Waals surface area contributed by atoms with Gasteiger partial charge >= 0.3 is 17.6 Å². The first-order valence-electron chi connectivity index (χ1n) is 4.51. The maximum atomic E-state index is 10.9. The van der Waals surface area contributed by atoms with E-state index in [1.807, 2.05) is 0 Å². The van der Waals surface area contributed by atoms with Gasteiger partial charge in [-0.2, -0.15) is 9.97 Å². The second-order valence-corrected chi connectivity index (χ2v) is 3.00. The lowest BCUT2D eigenvalue weighted by Gasteiger charge is -2.05. The van der Waals surface area contributed by atoms with Gasteiger partial charge in [-0.1, -0.05) is 0 Å². The summed E-state index contributed by atoms with van der Waals surface area (Å²) in [5.74, 6) is -0.356. The minimum atomic E-state index is -0.687. The number of hydrogen-bond donors (Lipinski definition) is 1. The molecular weight excluding hydrogens is 230 g/mol. The zero-order chi connectivity index (χ0) is 13.0. The highest BCUT2D eigenvalue weighted by atomic mass is 16.6. The summed E-state index contributed by atoms with van der Waals surface area (Å²) in [6.45, 7) is 1.37. The topological polar surface area (TPSA) is 108 Å². The molecule has 0 saturated carbocycles. The Hall–Kier alpha value is -2.38. The molecule has 1 N–H and O–H groups in total. The standard InChI is InChI=1S/C9H11N3O5/c1-5(13)4-6-7(12(14)15)8(16-2)11-9(10-6)17-3/h4,13H,1-3H3/b5-4-. The summed E-state index contributed by atoms with van der Waals surface area (Å²) in [5.41, 5.74) is -0.514. The van der Waals surface area contributed by atoms with Crippen molar-refractivity contribution in [1.82, 2.24) is 9.97 Å². The number of allylic oxidation sites excluding steroid dienone is 1. The van der Waals surface area contributed by atoms with Crippen LogP contribution >= 0.6 is 0 Å². The van der Waals surface area contributed by atoms with Gasteiger partial charge in [0.15, 0.2) is 5.69 Å². The summed E-state index contributed by atoms with van der Waals surface area (Å²) in [7, 11) is 2.56. The van der Waals surface area contributed by atoms with E-state index in [-0.39, 0.29) is 23.3 Å². The van der Waals surface area contributed by atoms with Crippen molar-refractivity contribution in [3.8, 4) is 11.9 Å². The van der Waals surface area contributed by atoms with Crippen molar-refractivity contribution in [2.24, 2.45) is 0 Å². The Balaban J connectivity index is 3.52. The average Bonchev–Trinajstić information content (AvgIpc) is 2.26. The van der Waals surface area contributed by atoms with Crippen molar-refractivity contribution in [2.45, 2.75) is 6.92 Å². The molecule has 0 unspecified atom stereocenters. The molecule has 1 aromatic rings. The third-order valence-corrected chi connectivity index (χ3v) is 1.76. The Morgan fingerprint density at radius 2 is 2.06 bits per heavy atom. The van der Waals surface area contributed by atoms with Gasteiger partial charge in [0.1, 0.15) is 0 Å². The van der Waals surface area contributed by atoms with Gasteiger partial charge in [-0.05, 0) is 6.92 Å². The number of hydrogen-bond acceptors (Lipinski definition) is 7. The highest BCUT2D eigenvalue weighted by Crippen LogP contribution is 2.30. The molecular formula is C9H11N3O5. The Morgan fingerprint density at radius 1 is 1.41 bits per heavy atom. The fourth-order valence-electron chi connectivity index (χ4n) is 1.13. The number of aliphatic hydroxyl groups is 1. The monoisotopic (exact) mass is 241 g/mol. The first kappa shape index (κ1) is 12.7. The quantitative estimate of drug-likeness (QED) is 0.481. The maximum Gasteiger partial charge on any atom is 0.356 e. The van der Waals surface area contributed by atoms with Gasteiger partial charge in [0.05, 0.1) is 24.9 Å². The number of aromatic nitrogens is 2. The average molecular weight is 241 g/mol. The normalized spacial score (nSPS) is 11.1. The molecule has 0 aliphatic heterocycles. The predicted molar refractivity (Wildman–Crippen MR) is 58.1 cm³/mol. The third kappa shape index (κ3) is 2.80. The molecule has 0 bridgehead atoms. The van der Waals surface area contributed by atoms with Crippen LogP contribution in [0.2, 0.25) is 0 Å². The summed E-state index contributed by atoms with van der Waals surface area (Å²) < 4.78 is 9.57. The molecule has 0 aliphatic rings. The second-order valence-electron chi connectivity index (χ2n) is 3.00. The molecule has 0 saturated heterocycles. The molecule has 0 atom stereocenters. The van der Waals surface area contributed by atoms with E-state index in [9.17, 15) is 10.1 Å². The zero-order valence-electron chi connectivity index (χ0n) is 9.50. The van der Waals surface area contributed by atoms with Crippen molar-refractivity contribution < 1.29 is 19.5 Å². The number of nitro groups is 1. The highest BCUT2D eigenvalue weighted by molar-refractivity contribution is 5.62. The molecule has 17 heavy (non-hydrogen) atoms. The van der Waals surface area contributed by atoms with Gasteiger partial charge < -0.3 is 14.6 Å². The van der Waals surface area contributed by atoms with Crippen LogP contribution in [0.1, 0.15) is 12.6 Å². The summed E-state index contributed by atoms with van der Waals surface area (Å²) in [6.07, 6.45) is 1.13. The number of rotatable bonds is 4. The predicted octanol–water partition coefficient (Wildman–Crippen LogP) is 1.32. The summed E-state index contributed by atoms with van der Waals surface area (Å²) in [5, 5.41) is 20.0. The number of nitrogens with zero attached hydrogens (tertiary/aromatic N) is 3. The van der Waals surface area contributed by atoms with Crippen molar-refractivity contribution >= 4 is 11.8 Å². The maximum absolute atomic E-state index is 10.9. The summed E-state index contributed by atoms with van der Waals surface area (Å²) >= 11 is 0. The Labute approximate surface area is 96.7 Å². The molecule has 8 nitrogen and oxygen atoms in total. The van der Waals surface area contributed by atoms with Gasteiger partial charge in [0, 0.05) is 6.08 Å². The molecule has 1 rings (SSSR count). The number of methoxy groups -OCH3 is 2. The Kier molecular flexibility index (Phi) is 3.81. The van der Waals surface area contributed by atoms with Gasteiger partial charge in [-0.25, -0.2) is 0 Å². The first-order chi connectivity index (χ1) is 7.99. The SMILES string of the molecule is COc1nc(/C=C(/C)O)c([N+](=O)[O-])c(OC)n1. The van der Waals surface area contributed by atoms with Crippen molar-refractivity contribution in [1.29, 1.82) is 0 Å². The summed E-state index contributed by atoms with van der Waals surface area (Å²) in [4.78, 5) is 17.6.